The number of hydrogen-bond acceptors (Lipinski definition) is 4. The standard InChI is InChI=1S/C23H29FN2O3/c1-3-29-23(28)21-19-10-9-14(2)13-26(19)20-12-18(17(24)11-16(20)22(21)27)25-15-7-5-4-6-8-15/h11-12,14-15,25H,3-10,13H2,1-2H3. The van der Waals surface area contributed by atoms with Crippen molar-refractivity contribution in [1.29, 1.82) is 0 Å². The highest BCUT2D eigenvalue weighted by Crippen LogP contribution is 2.30. The van der Waals surface area contributed by atoms with E-state index in [9.17, 15) is 14.0 Å². The lowest BCUT2D eigenvalue weighted by Gasteiger charge is -2.29. The molecule has 1 aliphatic heterocycles. The maximum Gasteiger partial charge on any atom is 0.343 e. The first-order chi connectivity index (χ1) is 14.0. The highest BCUT2D eigenvalue weighted by Gasteiger charge is 2.28. The van der Waals surface area contributed by atoms with Crippen LogP contribution in [0.4, 0.5) is 10.1 Å². The number of ether oxygens (including phenoxy) is 1. The van der Waals surface area contributed by atoms with Crippen LogP contribution in [0.3, 0.4) is 0 Å². The van der Waals surface area contributed by atoms with E-state index in [-0.39, 0.29) is 23.6 Å². The van der Waals surface area contributed by atoms with Crippen LogP contribution >= 0.6 is 0 Å². The third-order valence-electron chi connectivity index (χ3n) is 6.27. The predicted octanol–water partition coefficient (Wildman–Crippen LogP) is 4.64. The summed E-state index contributed by atoms with van der Waals surface area (Å²) in [7, 11) is 0. The van der Waals surface area contributed by atoms with Gasteiger partial charge in [0.05, 0.1) is 17.8 Å². The van der Waals surface area contributed by atoms with Gasteiger partial charge in [-0.05, 0) is 50.7 Å². The van der Waals surface area contributed by atoms with Gasteiger partial charge in [0, 0.05) is 23.7 Å². The van der Waals surface area contributed by atoms with Crippen molar-refractivity contribution in [1.82, 2.24) is 4.57 Å². The Kier molecular flexibility index (Phi) is 5.61. The minimum absolute atomic E-state index is 0.0682. The van der Waals surface area contributed by atoms with Crippen molar-refractivity contribution >= 4 is 22.6 Å². The van der Waals surface area contributed by atoms with Crippen LogP contribution in [0.5, 0.6) is 0 Å². The second-order valence-electron chi connectivity index (χ2n) is 8.45. The molecular formula is C23H29FN2O3. The number of pyridine rings is 1. The molecule has 2 aromatic rings. The number of nitrogens with one attached hydrogen (secondary N) is 1. The topological polar surface area (TPSA) is 60.3 Å². The molecule has 0 saturated heterocycles. The van der Waals surface area contributed by atoms with E-state index in [0.717, 1.165) is 32.1 Å². The van der Waals surface area contributed by atoms with Crippen molar-refractivity contribution in [3.8, 4) is 0 Å². The number of nitrogens with zero attached hydrogens (tertiary/aromatic N) is 1. The average Bonchev–Trinajstić information content (AvgIpc) is 2.71. The summed E-state index contributed by atoms with van der Waals surface area (Å²) in [6, 6.07) is 3.32. The Labute approximate surface area is 170 Å². The zero-order valence-electron chi connectivity index (χ0n) is 17.2. The number of carbonyl (C=O) groups excluding carboxylic acids is 1. The third-order valence-corrected chi connectivity index (χ3v) is 6.27. The average molecular weight is 400 g/mol. The van der Waals surface area contributed by atoms with E-state index in [1.54, 1.807) is 13.0 Å². The van der Waals surface area contributed by atoms with Crippen LogP contribution in [0.15, 0.2) is 16.9 Å². The third kappa shape index (κ3) is 3.77. The number of benzene rings is 1. The molecule has 6 heteroatoms. The molecule has 1 N–H and O–H groups in total. The Morgan fingerprint density at radius 3 is 2.72 bits per heavy atom. The Morgan fingerprint density at radius 2 is 2.00 bits per heavy atom. The summed E-state index contributed by atoms with van der Waals surface area (Å²) in [4.78, 5) is 25.7. The van der Waals surface area contributed by atoms with Crippen molar-refractivity contribution in [3.05, 3.63) is 39.4 Å². The van der Waals surface area contributed by atoms with Crippen LogP contribution in [0, 0.1) is 11.7 Å². The lowest BCUT2D eigenvalue weighted by Crippen LogP contribution is -2.30. The van der Waals surface area contributed by atoms with E-state index in [1.807, 2.05) is 4.57 Å². The van der Waals surface area contributed by atoms with Crippen molar-refractivity contribution in [2.75, 3.05) is 11.9 Å². The fourth-order valence-corrected chi connectivity index (χ4v) is 4.76. The SMILES string of the molecule is CCOC(=O)c1c2n(c3cc(NC4CCCCC4)c(F)cc3c1=O)CC(C)CC2. The van der Waals surface area contributed by atoms with Crippen LogP contribution in [0.2, 0.25) is 0 Å². The molecule has 2 heterocycles. The molecule has 1 saturated carbocycles. The van der Waals surface area contributed by atoms with Gasteiger partial charge in [-0.25, -0.2) is 9.18 Å². The molecule has 1 aromatic carbocycles. The van der Waals surface area contributed by atoms with Crippen molar-refractivity contribution in [3.63, 3.8) is 0 Å². The number of halogens is 1. The molecule has 1 aliphatic carbocycles. The molecule has 1 fully saturated rings. The maximum atomic E-state index is 14.9. The van der Waals surface area contributed by atoms with Crippen LogP contribution in [0.25, 0.3) is 10.9 Å². The van der Waals surface area contributed by atoms with Crippen LogP contribution in [-0.4, -0.2) is 23.2 Å². The van der Waals surface area contributed by atoms with Gasteiger partial charge < -0.3 is 14.6 Å². The molecule has 0 bridgehead atoms. The highest BCUT2D eigenvalue weighted by molar-refractivity contribution is 5.96. The van der Waals surface area contributed by atoms with Gasteiger partial charge in [-0.15, -0.1) is 0 Å². The molecule has 1 unspecified atom stereocenters. The van der Waals surface area contributed by atoms with Gasteiger partial charge in [0.15, 0.2) is 0 Å². The van der Waals surface area contributed by atoms with E-state index in [1.165, 1.54) is 12.5 Å². The minimum atomic E-state index is -0.609. The minimum Gasteiger partial charge on any atom is -0.462 e. The maximum absolute atomic E-state index is 14.9. The normalized spacial score (nSPS) is 19.8. The lowest BCUT2D eigenvalue weighted by molar-refractivity contribution is 0.0521. The fourth-order valence-electron chi connectivity index (χ4n) is 4.76. The summed E-state index contributed by atoms with van der Waals surface area (Å²) in [5.74, 6) is -0.634. The molecule has 29 heavy (non-hydrogen) atoms. The van der Waals surface area contributed by atoms with E-state index < -0.39 is 17.2 Å². The van der Waals surface area contributed by atoms with Gasteiger partial charge in [-0.1, -0.05) is 26.2 Å². The number of rotatable bonds is 4. The number of carbonyl (C=O) groups is 1. The van der Waals surface area contributed by atoms with Crippen molar-refractivity contribution in [2.24, 2.45) is 5.92 Å². The first-order valence-corrected chi connectivity index (χ1v) is 10.8. The summed E-state index contributed by atoms with van der Waals surface area (Å²) in [6.45, 7) is 4.77. The number of esters is 1. The fraction of sp³-hybridized carbons (Fsp3) is 0.565. The summed E-state index contributed by atoms with van der Waals surface area (Å²) >= 11 is 0. The van der Waals surface area contributed by atoms with E-state index in [2.05, 4.69) is 12.2 Å². The zero-order chi connectivity index (χ0) is 20.5. The molecular weight excluding hydrogens is 371 g/mol. The monoisotopic (exact) mass is 400 g/mol. The van der Waals surface area contributed by atoms with Gasteiger partial charge in [0.25, 0.3) is 0 Å². The van der Waals surface area contributed by atoms with E-state index >= 15 is 0 Å². The molecule has 0 amide bonds. The molecule has 0 spiro atoms. The number of aromatic nitrogens is 1. The first-order valence-electron chi connectivity index (χ1n) is 10.8. The molecule has 5 nitrogen and oxygen atoms in total. The molecule has 2 aliphatic rings. The summed E-state index contributed by atoms with van der Waals surface area (Å²) in [5.41, 5.74) is 1.50. The van der Waals surface area contributed by atoms with Crippen molar-refractivity contribution in [2.45, 2.75) is 71.4 Å². The quantitative estimate of drug-likeness (QED) is 0.760. The lowest BCUT2D eigenvalue weighted by atomic mass is 9.93. The highest BCUT2D eigenvalue weighted by atomic mass is 19.1. The van der Waals surface area contributed by atoms with Gasteiger partial charge in [-0.3, -0.25) is 4.79 Å². The predicted molar refractivity (Wildman–Crippen MR) is 112 cm³/mol. The van der Waals surface area contributed by atoms with Crippen LogP contribution < -0.4 is 10.7 Å². The van der Waals surface area contributed by atoms with E-state index in [0.29, 0.717) is 35.8 Å². The van der Waals surface area contributed by atoms with Gasteiger partial charge in [0.1, 0.15) is 11.4 Å². The smallest absolute Gasteiger partial charge is 0.343 e. The van der Waals surface area contributed by atoms with Gasteiger partial charge in [0.2, 0.25) is 5.43 Å². The largest absolute Gasteiger partial charge is 0.462 e. The Hall–Kier alpha value is -2.37. The zero-order valence-corrected chi connectivity index (χ0v) is 17.2. The Morgan fingerprint density at radius 1 is 1.24 bits per heavy atom. The molecule has 0 radical (unpaired) electrons. The summed E-state index contributed by atoms with van der Waals surface area (Å²) < 4.78 is 22.1. The van der Waals surface area contributed by atoms with Crippen molar-refractivity contribution < 1.29 is 13.9 Å². The molecule has 4 rings (SSSR count). The molecule has 1 aromatic heterocycles. The number of anilines is 1. The van der Waals surface area contributed by atoms with Crippen LogP contribution in [-0.2, 0) is 17.7 Å². The Bertz CT molecular complexity index is 992. The number of fused-ring (bicyclic) bond motifs is 3. The summed E-state index contributed by atoms with van der Waals surface area (Å²) in [5, 5.41) is 3.60. The second kappa shape index (κ2) is 8.17. The molecule has 156 valence electrons. The number of hydrogen-bond donors (Lipinski definition) is 1. The van der Waals surface area contributed by atoms with Crippen LogP contribution in [0.1, 0.15) is 68.4 Å². The van der Waals surface area contributed by atoms with E-state index in [4.69, 9.17) is 4.74 Å². The first kappa shape index (κ1) is 19.9. The summed E-state index contributed by atoms with van der Waals surface area (Å²) in [6.07, 6.45) is 7.16. The molecule has 1 atom stereocenters. The Balaban J connectivity index is 1.87. The van der Waals surface area contributed by atoms with Gasteiger partial charge >= 0.3 is 5.97 Å². The second-order valence-corrected chi connectivity index (χ2v) is 8.45. The van der Waals surface area contributed by atoms with Gasteiger partial charge in [-0.2, -0.15) is 0 Å².